The van der Waals surface area contributed by atoms with Crippen LogP contribution in [0, 0.1) is 5.92 Å². The number of carbonyl (C=O) groups excluding carboxylic acids is 3. The van der Waals surface area contributed by atoms with Gasteiger partial charge in [0.05, 0.1) is 5.92 Å². The molecular weight excluding hydrogens is 252 g/mol. The Morgan fingerprint density at radius 3 is 2.50 bits per heavy atom. The summed E-state index contributed by atoms with van der Waals surface area (Å²) in [6, 6.07) is 8.78. The first-order valence-electron chi connectivity index (χ1n) is 6.91. The lowest BCUT2D eigenvalue weighted by molar-refractivity contribution is -0.119. The summed E-state index contributed by atoms with van der Waals surface area (Å²) < 4.78 is 0. The zero-order valence-corrected chi connectivity index (χ0v) is 11.6. The summed E-state index contributed by atoms with van der Waals surface area (Å²) >= 11 is 0. The zero-order chi connectivity index (χ0) is 14.5. The average Bonchev–Trinajstić information content (AvgIpc) is 2.46. The Balaban J connectivity index is 2.20. The van der Waals surface area contributed by atoms with E-state index in [-0.39, 0.29) is 23.8 Å². The van der Waals surface area contributed by atoms with Crippen molar-refractivity contribution >= 4 is 17.3 Å². The van der Waals surface area contributed by atoms with Crippen LogP contribution >= 0.6 is 0 Å². The molecule has 1 aliphatic rings. The van der Waals surface area contributed by atoms with E-state index in [9.17, 15) is 14.4 Å². The van der Waals surface area contributed by atoms with Crippen LogP contribution in [0.1, 0.15) is 43.0 Å². The largest absolute Gasteiger partial charge is 0.299 e. The van der Waals surface area contributed by atoms with Crippen LogP contribution in [-0.4, -0.2) is 17.3 Å². The third kappa shape index (κ3) is 3.29. The summed E-state index contributed by atoms with van der Waals surface area (Å²) in [5.74, 6) is -1.05. The lowest BCUT2D eigenvalue weighted by Gasteiger charge is -2.17. The molecule has 0 fully saturated rings. The van der Waals surface area contributed by atoms with Crippen molar-refractivity contribution in [2.75, 3.05) is 0 Å². The van der Waals surface area contributed by atoms with Gasteiger partial charge in [-0.1, -0.05) is 36.4 Å². The predicted octanol–water partition coefficient (Wildman–Crippen LogP) is 3.14. The second-order valence-electron chi connectivity index (χ2n) is 5.14. The molecule has 104 valence electrons. The van der Waals surface area contributed by atoms with Gasteiger partial charge in [-0.25, -0.2) is 0 Å². The maximum atomic E-state index is 12.4. The van der Waals surface area contributed by atoms with Crippen LogP contribution in [0.5, 0.6) is 0 Å². The van der Waals surface area contributed by atoms with Crippen molar-refractivity contribution in [3.05, 3.63) is 47.5 Å². The van der Waals surface area contributed by atoms with E-state index in [1.165, 1.54) is 6.92 Å². The number of carbonyl (C=O) groups is 3. The topological polar surface area (TPSA) is 51.2 Å². The number of ketones is 3. The van der Waals surface area contributed by atoms with Gasteiger partial charge in [-0.3, -0.25) is 14.4 Å². The van der Waals surface area contributed by atoms with Gasteiger partial charge >= 0.3 is 0 Å². The number of hydrogen-bond donors (Lipinski definition) is 0. The van der Waals surface area contributed by atoms with Gasteiger partial charge in [0, 0.05) is 12.0 Å². The van der Waals surface area contributed by atoms with Gasteiger partial charge in [0.1, 0.15) is 5.78 Å². The maximum absolute atomic E-state index is 12.4. The quantitative estimate of drug-likeness (QED) is 0.610. The van der Waals surface area contributed by atoms with E-state index >= 15 is 0 Å². The van der Waals surface area contributed by atoms with Gasteiger partial charge in [0.2, 0.25) is 0 Å². The van der Waals surface area contributed by atoms with Crippen LogP contribution in [0.3, 0.4) is 0 Å². The van der Waals surface area contributed by atoms with Crippen molar-refractivity contribution in [2.24, 2.45) is 5.92 Å². The van der Waals surface area contributed by atoms with Gasteiger partial charge in [0.25, 0.3) is 0 Å². The molecule has 0 heterocycles. The molecule has 0 spiro atoms. The molecule has 1 atom stereocenters. The molecule has 0 radical (unpaired) electrons. The third-order valence-electron chi connectivity index (χ3n) is 3.65. The molecule has 3 heteroatoms. The SMILES string of the molecule is CC(=O)C(CC1=CCCCC1=O)C(=O)c1ccccc1. The van der Waals surface area contributed by atoms with Crippen molar-refractivity contribution in [2.45, 2.75) is 32.6 Å². The van der Waals surface area contributed by atoms with E-state index in [4.69, 9.17) is 0 Å². The summed E-state index contributed by atoms with van der Waals surface area (Å²) in [5.41, 5.74) is 1.16. The molecule has 20 heavy (non-hydrogen) atoms. The van der Waals surface area contributed by atoms with E-state index < -0.39 is 5.92 Å². The number of allylic oxidation sites excluding steroid dienone is 2. The molecule has 0 aromatic heterocycles. The Labute approximate surface area is 118 Å². The highest BCUT2D eigenvalue weighted by Gasteiger charge is 2.28. The van der Waals surface area contributed by atoms with Gasteiger partial charge in [-0.15, -0.1) is 0 Å². The van der Waals surface area contributed by atoms with Crippen LogP contribution in [0.2, 0.25) is 0 Å². The molecule has 1 unspecified atom stereocenters. The Kier molecular flexibility index (Phi) is 4.61. The standard InChI is InChI=1S/C17H18O3/c1-12(18)15(11-14-9-5-6-10-16(14)19)17(20)13-7-3-2-4-8-13/h2-4,7-9,15H,5-6,10-11H2,1H3. The summed E-state index contributed by atoms with van der Waals surface area (Å²) in [7, 11) is 0. The van der Waals surface area contributed by atoms with E-state index in [1.807, 2.05) is 12.1 Å². The van der Waals surface area contributed by atoms with Crippen LogP contribution in [0.15, 0.2) is 42.0 Å². The lowest BCUT2D eigenvalue weighted by atomic mass is 9.84. The molecule has 1 aliphatic carbocycles. The van der Waals surface area contributed by atoms with Crippen molar-refractivity contribution in [1.29, 1.82) is 0 Å². The fourth-order valence-corrected chi connectivity index (χ4v) is 2.46. The zero-order valence-electron chi connectivity index (χ0n) is 11.6. The highest BCUT2D eigenvalue weighted by molar-refractivity contribution is 6.11. The monoisotopic (exact) mass is 270 g/mol. The number of benzene rings is 1. The highest BCUT2D eigenvalue weighted by atomic mass is 16.2. The molecule has 2 rings (SSSR count). The van der Waals surface area contributed by atoms with Crippen LogP contribution in [0.4, 0.5) is 0 Å². The summed E-state index contributed by atoms with van der Waals surface area (Å²) in [6.45, 7) is 1.42. The van der Waals surface area contributed by atoms with Crippen LogP contribution in [-0.2, 0) is 9.59 Å². The molecule has 3 nitrogen and oxygen atoms in total. The molecular formula is C17H18O3. The first kappa shape index (κ1) is 14.4. The first-order valence-corrected chi connectivity index (χ1v) is 6.91. The summed E-state index contributed by atoms with van der Waals surface area (Å²) in [5, 5.41) is 0. The Morgan fingerprint density at radius 2 is 1.90 bits per heavy atom. The molecule has 0 bridgehead atoms. The van der Waals surface area contributed by atoms with Gasteiger partial charge in [-0.05, 0) is 31.8 Å². The van der Waals surface area contributed by atoms with E-state index in [2.05, 4.69) is 0 Å². The van der Waals surface area contributed by atoms with Gasteiger partial charge in [-0.2, -0.15) is 0 Å². The second-order valence-corrected chi connectivity index (χ2v) is 5.14. The van der Waals surface area contributed by atoms with E-state index in [0.29, 0.717) is 17.6 Å². The first-order chi connectivity index (χ1) is 9.59. The number of rotatable bonds is 5. The molecule has 0 aliphatic heterocycles. The second kappa shape index (κ2) is 6.42. The Bertz CT molecular complexity index is 555. The van der Waals surface area contributed by atoms with Crippen molar-refractivity contribution < 1.29 is 14.4 Å². The van der Waals surface area contributed by atoms with Crippen LogP contribution < -0.4 is 0 Å². The highest BCUT2D eigenvalue weighted by Crippen LogP contribution is 2.24. The van der Waals surface area contributed by atoms with Gasteiger partial charge < -0.3 is 0 Å². The van der Waals surface area contributed by atoms with Crippen molar-refractivity contribution in [1.82, 2.24) is 0 Å². The number of Topliss-reactive ketones (excluding diaryl/α,β-unsaturated/α-hetero) is 3. The van der Waals surface area contributed by atoms with E-state index in [1.54, 1.807) is 24.3 Å². The Morgan fingerprint density at radius 1 is 1.20 bits per heavy atom. The minimum atomic E-state index is -0.745. The molecule has 0 N–H and O–H groups in total. The average molecular weight is 270 g/mol. The van der Waals surface area contributed by atoms with Crippen molar-refractivity contribution in [3.8, 4) is 0 Å². The molecule has 0 saturated carbocycles. The Hall–Kier alpha value is -2.03. The smallest absolute Gasteiger partial charge is 0.173 e. The minimum Gasteiger partial charge on any atom is -0.299 e. The third-order valence-corrected chi connectivity index (χ3v) is 3.65. The maximum Gasteiger partial charge on any atom is 0.173 e. The van der Waals surface area contributed by atoms with Crippen molar-refractivity contribution in [3.63, 3.8) is 0 Å². The summed E-state index contributed by atoms with van der Waals surface area (Å²) in [4.78, 5) is 36.0. The minimum absolute atomic E-state index is 0.0726. The molecule has 1 aromatic rings. The van der Waals surface area contributed by atoms with Crippen LogP contribution in [0.25, 0.3) is 0 Å². The van der Waals surface area contributed by atoms with E-state index in [0.717, 1.165) is 12.8 Å². The molecule has 0 saturated heterocycles. The predicted molar refractivity (Wildman–Crippen MR) is 76.5 cm³/mol. The van der Waals surface area contributed by atoms with Gasteiger partial charge in [0.15, 0.2) is 11.6 Å². The lowest BCUT2D eigenvalue weighted by Crippen LogP contribution is -2.25. The molecule has 0 amide bonds. The molecule has 1 aromatic carbocycles. The fraction of sp³-hybridized carbons (Fsp3) is 0.353. The normalized spacial score (nSPS) is 16.4. The number of hydrogen-bond acceptors (Lipinski definition) is 3. The fourth-order valence-electron chi connectivity index (χ4n) is 2.46. The summed E-state index contributed by atoms with van der Waals surface area (Å²) in [6.07, 6.45) is 4.35.